The number of carbonyl (C=O) groups excluding carboxylic acids is 1. The van der Waals surface area contributed by atoms with Crippen LogP contribution in [0.15, 0.2) is 18.2 Å². The Hall–Kier alpha value is -1.53. The summed E-state index contributed by atoms with van der Waals surface area (Å²) in [6.45, 7) is 3.24. The summed E-state index contributed by atoms with van der Waals surface area (Å²) in [5, 5.41) is 0. The summed E-state index contributed by atoms with van der Waals surface area (Å²) >= 11 is 0. The van der Waals surface area contributed by atoms with Crippen molar-refractivity contribution < 1.29 is 13.6 Å². The predicted octanol–water partition coefficient (Wildman–Crippen LogP) is 1.42. The molecule has 1 atom stereocenters. The first kappa shape index (κ1) is 16.8. The van der Waals surface area contributed by atoms with Gasteiger partial charge in [-0.05, 0) is 13.1 Å². The molecule has 122 valence electrons. The minimum atomic E-state index is -0.572. The number of hydrogen-bond donors (Lipinski definition) is 0. The van der Waals surface area contributed by atoms with Crippen LogP contribution >= 0.6 is 0 Å². The molecule has 22 heavy (non-hydrogen) atoms. The smallest absolute Gasteiger partial charge is 0.227 e. The fourth-order valence-electron chi connectivity index (χ4n) is 2.80. The standard InChI is InChI=1S/C16H23F2N3O/c1-19(2)16(22)13-9-20(3)6-7-21(11-13)10-12-4-5-14(17)8-15(12)18/h4-5,8,13H,6-7,9-11H2,1-3H3/t13-/m1/s1. The highest BCUT2D eigenvalue weighted by molar-refractivity contribution is 5.78. The van der Waals surface area contributed by atoms with Crippen molar-refractivity contribution in [3.8, 4) is 0 Å². The molecule has 1 aromatic rings. The van der Waals surface area contributed by atoms with Crippen molar-refractivity contribution in [1.29, 1.82) is 0 Å². The first-order valence-electron chi connectivity index (χ1n) is 7.43. The maximum absolute atomic E-state index is 13.8. The zero-order chi connectivity index (χ0) is 16.3. The van der Waals surface area contributed by atoms with Gasteiger partial charge in [0, 0.05) is 58.4 Å². The molecule has 0 saturated carbocycles. The highest BCUT2D eigenvalue weighted by Gasteiger charge is 2.27. The first-order chi connectivity index (χ1) is 10.4. The van der Waals surface area contributed by atoms with Gasteiger partial charge >= 0.3 is 0 Å². The van der Waals surface area contributed by atoms with Crippen LogP contribution in [-0.4, -0.2) is 67.9 Å². The van der Waals surface area contributed by atoms with Crippen molar-refractivity contribution in [3.05, 3.63) is 35.4 Å². The summed E-state index contributed by atoms with van der Waals surface area (Å²) in [5.74, 6) is -1.16. The largest absolute Gasteiger partial charge is 0.348 e. The van der Waals surface area contributed by atoms with Crippen LogP contribution in [0, 0.1) is 17.6 Å². The van der Waals surface area contributed by atoms with E-state index >= 15 is 0 Å². The van der Waals surface area contributed by atoms with E-state index in [1.165, 1.54) is 12.1 Å². The van der Waals surface area contributed by atoms with Crippen molar-refractivity contribution in [2.45, 2.75) is 6.54 Å². The van der Waals surface area contributed by atoms with Gasteiger partial charge in [0.15, 0.2) is 0 Å². The minimum Gasteiger partial charge on any atom is -0.348 e. The molecule has 0 aromatic heterocycles. The van der Waals surface area contributed by atoms with Crippen molar-refractivity contribution in [2.24, 2.45) is 5.92 Å². The van der Waals surface area contributed by atoms with Crippen LogP contribution in [-0.2, 0) is 11.3 Å². The fourth-order valence-corrected chi connectivity index (χ4v) is 2.80. The number of benzene rings is 1. The summed E-state index contributed by atoms with van der Waals surface area (Å²) in [7, 11) is 5.48. The van der Waals surface area contributed by atoms with E-state index in [-0.39, 0.29) is 11.8 Å². The quantitative estimate of drug-likeness (QED) is 0.845. The van der Waals surface area contributed by atoms with Gasteiger partial charge in [-0.3, -0.25) is 9.69 Å². The summed E-state index contributed by atoms with van der Waals surface area (Å²) < 4.78 is 26.8. The second-order valence-electron chi connectivity index (χ2n) is 6.16. The van der Waals surface area contributed by atoms with Crippen molar-refractivity contribution in [3.63, 3.8) is 0 Å². The lowest BCUT2D eigenvalue weighted by Crippen LogP contribution is -2.40. The van der Waals surface area contributed by atoms with E-state index in [1.54, 1.807) is 19.0 Å². The van der Waals surface area contributed by atoms with E-state index in [0.717, 1.165) is 19.2 Å². The van der Waals surface area contributed by atoms with Gasteiger partial charge in [0.2, 0.25) is 5.91 Å². The van der Waals surface area contributed by atoms with E-state index in [9.17, 15) is 13.6 Å². The molecule has 6 heteroatoms. The number of likely N-dealkylation sites (N-methyl/N-ethyl adjacent to an activating group) is 1. The molecule has 0 N–H and O–H groups in total. The topological polar surface area (TPSA) is 26.8 Å². The molecular formula is C16H23F2N3O. The molecule has 1 saturated heterocycles. The molecular weight excluding hydrogens is 288 g/mol. The lowest BCUT2D eigenvalue weighted by atomic mass is 10.1. The monoisotopic (exact) mass is 311 g/mol. The lowest BCUT2D eigenvalue weighted by molar-refractivity contribution is -0.133. The Kier molecular flexibility index (Phi) is 5.47. The van der Waals surface area contributed by atoms with E-state index in [4.69, 9.17) is 0 Å². The Labute approximate surface area is 130 Å². The van der Waals surface area contributed by atoms with Crippen LogP contribution in [0.2, 0.25) is 0 Å². The highest BCUT2D eigenvalue weighted by atomic mass is 19.1. The van der Waals surface area contributed by atoms with E-state index in [2.05, 4.69) is 9.80 Å². The van der Waals surface area contributed by atoms with Gasteiger partial charge in [0.25, 0.3) is 0 Å². The molecule has 0 bridgehead atoms. The minimum absolute atomic E-state index is 0.0818. The third-order valence-electron chi connectivity index (χ3n) is 4.01. The number of amides is 1. The average Bonchev–Trinajstić information content (AvgIpc) is 2.63. The van der Waals surface area contributed by atoms with Crippen LogP contribution in [0.5, 0.6) is 0 Å². The van der Waals surface area contributed by atoms with Gasteiger partial charge in [-0.1, -0.05) is 6.07 Å². The zero-order valence-electron chi connectivity index (χ0n) is 13.4. The molecule has 4 nitrogen and oxygen atoms in total. The van der Waals surface area contributed by atoms with Gasteiger partial charge < -0.3 is 9.80 Å². The molecule has 1 amide bonds. The third-order valence-corrected chi connectivity index (χ3v) is 4.01. The number of carbonyl (C=O) groups is 1. The van der Waals surface area contributed by atoms with E-state index in [1.807, 2.05) is 7.05 Å². The second kappa shape index (κ2) is 7.15. The number of rotatable bonds is 3. The molecule has 1 aliphatic heterocycles. The Balaban J connectivity index is 2.10. The molecule has 1 aliphatic rings. The maximum atomic E-state index is 13.8. The highest BCUT2D eigenvalue weighted by Crippen LogP contribution is 2.16. The molecule has 0 radical (unpaired) electrons. The van der Waals surface area contributed by atoms with Gasteiger partial charge in [-0.25, -0.2) is 8.78 Å². The lowest BCUT2D eigenvalue weighted by Gasteiger charge is -2.25. The first-order valence-corrected chi connectivity index (χ1v) is 7.43. The molecule has 0 spiro atoms. The average molecular weight is 311 g/mol. The van der Waals surface area contributed by atoms with Crippen LogP contribution in [0.3, 0.4) is 0 Å². The van der Waals surface area contributed by atoms with Gasteiger partial charge in [0.05, 0.1) is 5.92 Å². The molecule has 0 unspecified atom stereocenters. The molecule has 1 fully saturated rings. The fraction of sp³-hybridized carbons (Fsp3) is 0.562. The third kappa shape index (κ3) is 4.24. The van der Waals surface area contributed by atoms with Gasteiger partial charge in [-0.2, -0.15) is 0 Å². The summed E-state index contributed by atoms with van der Waals surface area (Å²) in [6, 6.07) is 3.65. The maximum Gasteiger partial charge on any atom is 0.227 e. The van der Waals surface area contributed by atoms with Crippen LogP contribution in [0.1, 0.15) is 5.56 Å². The van der Waals surface area contributed by atoms with Crippen molar-refractivity contribution >= 4 is 5.91 Å². The van der Waals surface area contributed by atoms with E-state index < -0.39 is 11.6 Å². The number of hydrogen-bond acceptors (Lipinski definition) is 3. The molecule has 1 heterocycles. The normalized spacial score (nSPS) is 20.7. The number of nitrogens with zero attached hydrogens (tertiary/aromatic N) is 3. The predicted molar refractivity (Wildman–Crippen MR) is 81.3 cm³/mol. The molecule has 2 rings (SSSR count). The summed E-state index contributed by atoms with van der Waals surface area (Å²) in [5.41, 5.74) is 0.460. The zero-order valence-corrected chi connectivity index (χ0v) is 13.4. The SMILES string of the molecule is CN1CCN(Cc2ccc(F)cc2F)C[C@H](C(=O)N(C)C)C1. The molecule has 1 aromatic carbocycles. The Morgan fingerprint density at radius 2 is 2.00 bits per heavy atom. The van der Waals surface area contributed by atoms with Crippen LogP contribution in [0.25, 0.3) is 0 Å². The van der Waals surface area contributed by atoms with Crippen molar-refractivity contribution in [1.82, 2.24) is 14.7 Å². The molecule has 0 aliphatic carbocycles. The van der Waals surface area contributed by atoms with Crippen LogP contribution in [0.4, 0.5) is 8.78 Å². The Morgan fingerprint density at radius 3 is 2.64 bits per heavy atom. The second-order valence-corrected chi connectivity index (χ2v) is 6.16. The Bertz CT molecular complexity index is 536. The number of halogens is 2. The summed E-state index contributed by atoms with van der Waals surface area (Å²) in [4.78, 5) is 18.0. The van der Waals surface area contributed by atoms with Crippen molar-refractivity contribution in [2.75, 3.05) is 47.3 Å². The van der Waals surface area contributed by atoms with E-state index in [0.29, 0.717) is 25.2 Å². The van der Waals surface area contributed by atoms with Gasteiger partial charge in [0.1, 0.15) is 11.6 Å². The van der Waals surface area contributed by atoms with Crippen LogP contribution < -0.4 is 0 Å². The Morgan fingerprint density at radius 1 is 1.27 bits per heavy atom. The van der Waals surface area contributed by atoms with Gasteiger partial charge in [-0.15, -0.1) is 0 Å². The summed E-state index contributed by atoms with van der Waals surface area (Å²) in [6.07, 6.45) is 0.